The molecule has 1 fully saturated rings. The van der Waals surface area contributed by atoms with E-state index in [-0.39, 0.29) is 12.5 Å². The van der Waals surface area contributed by atoms with Crippen molar-refractivity contribution in [1.29, 1.82) is 0 Å². The molecule has 2 aromatic carbocycles. The molecule has 5 rings (SSSR count). The second-order valence-corrected chi connectivity index (χ2v) is 9.13. The lowest BCUT2D eigenvalue weighted by atomic mass is 10.1. The first kappa shape index (κ1) is 22.4. The van der Waals surface area contributed by atoms with Crippen molar-refractivity contribution in [2.45, 2.75) is 26.6 Å². The number of carbonyl (C=O) groups is 1. The van der Waals surface area contributed by atoms with E-state index in [0.29, 0.717) is 28.9 Å². The van der Waals surface area contributed by atoms with Crippen molar-refractivity contribution in [2.24, 2.45) is 0 Å². The molecule has 34 heavy (non-hydrogen) atoms. The van der Waals surface area contributed by atoms with Crippen molar-refractivity contribution in [3.8, 4) is 5.75 Å². The summed E-state index contributed by atoms with van der Waals surface area (Å²) in [5.74, 6) is 1.75. The van der Waals surface area contributed by atoms with E-state index in [4.69, 9.17) is 21.4 Å². The van der Waals surface area contributed by atoms with Gasteiger partial charge in [-0.25, -0.2) is 0 Å². The average molecular weight is 537 g/mol. The van der Waals surface area contributed by atoms with Crippen molar-refractivity contribution < 1.29 is 13.9 Å². The fourth-order valence-electron chi connectivity index (χ4n) is 3.69. The summed E-state index contributed by atoms with van der Waals surface area (Å²) in [6.45, 7) is 3.42. The van der Waals surface area contributed by atoms with Crippen molar-refractivity contribution >= 4 is 56.0 Å². The fraction of sp³-hybridized carbons (Fsp3) is 0.160. The van der Waals surface area contributed by atoms with Crippen LogP contribution in [0.1, 0.15) is 24.0 Å². The predicted octanol–water partition coefficient (Wildman–Crippen LogP) is 5.25. The molecule has 1 N–H and O–H groups in total. The third kappa shape index (κ3) is 4.76. The van der Waals surface area contributed by atoms with Gasteiger partial charge in [0.05, 0.1) is 12.7 Å². The smallest absolute Gasteiger partial charge is 0.276 e. The number of benzene rings is 2. The zero-order valence-corrected chi connectivity index (χ0v) is 20.7. The molecule has 172 valence electrons. The monoisotopic (exact) mass is 536 g/mol. The zero-order chi connectivity index (χ0) is 23.7. The van der Waals surface area contributed by atoms with Crippen LogP contribution in [0.4, 0.5) is 0 Å². The largest absolute Gasteiger partial charge is 0.486 e. The molecule has 0 atom stereocenters. The van der Waals surface area contributed by atoms with Crippen molar-refractivity contribution in [2.75, 3.05) is 0 Å². The number of nitrogens with one attached hydrogen (secondary N) is 1. The van der Waals surface area contributed by atoms with Gasteiger partial charge in [-0.1, -0.05) is 28.1 Å². The number of nitrogens with zero attached hydrogens (tertiary/aromatic N) is 3. The Balaban J connectivity index is 1.23. The van der Waals surface area contributed by atoms with Gasteiger partial charge in [-0.2, -0.15) is 5.10 Å². The maximum absolute atomic E-state index is 12.9. The standard InChI is InChI=1S/C25H21BrN4O3S/c1-2-29-13-16(12-27-29)14-30-24(31)23(28-25(30)34)11-21-7-8-22(33-21)15-32-20-6-4-17-9-19(26)5-3-18(17)10-20/h3-13H,2,14-15H2,1H3,(H,28,34)/b23-11+. The number of carbonyl (C=O) groups excluding carboxylic acids is 1. The number of halogens is 1. The number of hydrogen-bond acceptors (Lipinski definition) is 5. The van der Waals surface area contributed by atoms with Crippen molar-refractivity contribution in [3.05, 3.63) is 88.2 Å². The predicted molar refractivity (Wildman–Crippen MR) is 137 cm³/mol. The SMILES string of the molecule is CCn1cc(CN2C(=O)/C(=C\c3ccc(COc4ccc5cc(Br)ccc5c4)o3)NC2=S)cn1. The number of hydrogen-bond donors (Lipinski definition) is 1. The number of thiocarbonyl (C=S) groups is 1. The number of amides is 1. The number of ether oxygens (including phenoxy) is 1. The molecule has 0 spiro atoms. The molecule has 1 aliphatic rings. The van der Waals surface area contributed by atoms with Crippen molar-refractivity contribution in [3.63, 3.8) is 0 Å². The Morgan fingerprint density at radius 1 is 1.18 bits per heavy atom. The highest BCUT2D eigenvalue weighted by Crippen LogP contribution is 2.25. The van der Waals surface area contributed by atoms with Gasteiger partial charge in [0.25, 0.3) is 5.91 Å². The second kappa shape index (κ2) is 9.44. The van der Waals surface area contributed by atoms with E-state index >= 15 is 0 Å². The Hall–Kier alpha value is -3.43. The molecule has 0 saturated carbocycles. The number of aromatic nitrogens is 2. The summed E-state index contributed by atoms with van der Waals surface area (Å²) in [6.07, 6.45) is 5.31. The Bertz CT molecular complexity index is 1420. The molecule has 1 amide bonds. The minimum Gasteiger partial charge on any atom is -0.486 e. The number of furan rings is 1. The van der Waals surface area contributed by atoms with Crippen LogP contribution in [0.15, 0.2) is 75.5 Å². The van der Waals surface area contributed by atoms with Crippen LogP contribution < -0.4 is 10.1 Å². The molecule has 3 heterocycles. The minimum atomic E-state index is -0.203. The number of aryl methyl sites for hydroxylation is 1. The molecule has 0 bridgehead atoms. The quantitative estimate of drug-likeness (QED) is 0.257. The summed E-state index contributed by atoms with van der Waals surface area (Å²) in [7, 11) is 0. The zero-order valence-electron chi connectivity index (χ0n) is 18.3. The van der Waals surface area contributed by atoms with Gasteiger partial charge >= 0.3 is 0 Å². The van der Waals surface area contributed by atoms with Gasteiger partial charge in [0, 0.05) is 28.9 Å². The Morgan fingerprint density at radius 3 is 2.82 bits per heavy atom. The summed E-state index contributed by atoms with van der Waals surface area (Å²) < 4.78 is 14.6. The van der Waals surface area contributed by atoms with E-state index in [1.165, 1.54) is 4.90 Å². The third-order valence-electron chi connectivity index (χ3n) is 5.44. The second-order valence-electron chi connectivity index (χ2n) is 7.83. The first-order chi connectivity index (χ1) is 16.5. The third-order valence-corrected chi connectivity index (χ3v) is 6.25. The highest BCUT2D eigenvalue weighted by Gasteiger charge is 2.31. The molecule has 1 saturated heterocycles. The molecular formula is C25H21BrN4O3S. The lowest BCUT2D eigenvalue weighted by Gasteiger charge is -2.12. The van der Waals surface area contributed by atoms with E-state index in [1.54, 1.807) is 18.3 Å². The number of rotatable bonds is 7. The fourth-order valence-corrected chi connectivity index (χ4v) is 4.33. The van der Waals surface area contributed by atoms with Crippen LogP contribution in [0.25, 0.3) is 16.8 Å². The van der Waals surface area contributed by atoms with Gasteiger partial charge in [-0.3, -0.25) is 14.4 Å². The average Bonchev–Trinajstić information content (AvgIpc) is 3.54. The Kier molecular flexibility index (Phi) is 6.21. The van der Waals surface area contributed by atoms with E-state index in [0.717, 1.165) is 33.1 Å². The summed E-state index contributed by atoms with van der Waals surface area (Å²) in [4.78, 5) is 14.4. The summed E-state index contributed by atoms with van der Waals surface area (Å²) >= 11 is 8.85. The molecule has 9 heteroatoms. The molecule has 1 aliphatic heterocycles. The summed E-state index contributed by atoms with van der Waals surface area (Å²) in [6, 6.07) is 15.7. The Labute approximate surface area is 210 Å². The van der Waals surface area contributed by atoms with Gasteiger partial charge < -0.3 is 14.5 Å². The molecule has 0 unspecified atom stereocenters. The van der Waals surface area contributed by atoms with E-state index in [2.05, 4.69) is 32.4 Å². The molecule has 4 aromatic rings. The molecule has 0 aliphatic carbocycles. The van der Waals surface area contributed by atoms with Gasteiger partial charge in [0.2, 0.25) is 0 Å². The first-order valence-electron chi connectivity index (χ1n) is 10.8. The van der Waals surface area contributed by atoms with Crippen LogP contribution in [0.5, 0.6) is 5.75 Å². The van der Waals surface area contributed by atoms with Crippen LogP contribution >= 0.6 is 28.1 Å². The lowest BCUT2D eigenvalue weighted by Crippen LogP contribution is -2.29. The van der Waals surface area contributed by atoms with E-state index in [9.17, 15) is 4.79 Å². The van der Waals surface area contributed by atoms with Crippen LogP contribution in [0.3, 0.4) is 0 Å². The lowest BCUT2D eigenvalue weighted by molar-refractivity contribution is -0.122. The van der Waals surface area contributed by atoms with E-state index < -0.39 is 0 Å². The molecule has 2 aromatic heterocycles. The minimum absolute atomic E-state index is 0.203. The van der Waals surface area contributed by atoms with Gasteiger partial charge in [0.1, 0.15) is 29.6 Å². The van der Waals surface area contributed by atoms with Gasteiger partial charge in [-0.15, -0.1) is 0 Å². The molecular weight excluding hydrogens is 516 g/mol. The van der Waals surface area contributed by atoms with Crippen LogP contribution in [0.2, 0.25) is 0 Å². The number of fused-ring (bicyclic) bond motifs is 1. The summed E-state index contributed by atoms with van der Waals surface area (Å²) in [5, 5.41) is 9.81. The van der Waals surface area contributed by atoms with Gasteiger partial charge in [-0.05, 0) is 66.3 Å². The maximum atomic E-state index is 12.9. The van der Waals surface area contributed by atoms with Gasteiger partial charge in [0.15, 0.2) is 5.11 Å². The van der Waals surface area contributed by atoms with Crippen LogP contribution in [-0.2, 0) is 24.5 Å². The maximum Gasteiger partial charge on any atom is 0.276 e. The molecule has 0 radical (unpaired) electrons. The first-order valence-corrected chi connectivity index (χ1v) is 12.0. The molecule has 7 nitrogen and oxygen atoms in total. The topological polar surface area (TPSA) is 72.5 Å². The summed E-state index contributed by atoms with van der Waals surface area (Å²) in [5.41, 5.74) is 1.29. The van der Waals surface area contributed by atoms with Crippen LogP contribution in [-0.4, -0.2) is 25.7 Å². The van der Waals surface area contributed by atoms with Crippen LogP contribution in [0, 0.1) is 0 Å². The van der Waals surface area contributed by atoms with Crippen molar-refractivity contribution in [1.82, 2.24) is 20.0 Å². The highest BCUT2D eigenvalue weighted by molar-refractivity contribution is 9.10. The highest BCUT2D eigenvalue weighted by atomic mass is 79.9. The normalized spacial score (nSPS) is 14.9. The van der Waals surface area contributed by atoms with E-state index in [1.807, 2.05) is 54.2 Å². The Morgan fingerprint density at radius 2 is 2.00 bits per heavy atom.